The van der Waals surface area contributed by atoms with Crippen LogP contribution in [0.4, 0.5) is 0 Å². The summed E-state index contributed by atoms with van der Waals surface area (Å²) in [5, 5.41) is 0. The van der Waals surface area contributed by atoms with E-state index >= 15 is 0 Å². The summed E-state index contributed by atoms with van der Waals surface area (Å²) in [6.07, 6.45) is 1.58. The third-order valence-electron chi connectivity index (χ3n) is 1.08. The van der Waals surface area contributed by atoms with Gasteiger partial charge in [0.15, 0.2) is 0 Å². The van der Waals surface area contributed by atoms with Gasteiger partial charge in [-0.2, -0.15) is 0 Å². The minimum Gasteiger partial charge on any atom is -0.320 e. The second-order valence-electron chi connectivity index (χ2n) is 1.90. The Labute approximate surface area is 54.6 Å². The molecule has 0 heterocycles. The number of nitrogens with two attached hydrogens (primary N) is 2. The van der Waals surface area contributed by atoms with E-state index in [4.69, 9.17) is 11.6 Å². The Kier molecular flexibility index (Phi) is 4.00. The first-order valence-electron chi connectivity index (χ1n) is 2.98. The molecule has 4 nitrogen and oxygen atoms in total. The van der Waals surface area contributed by atoms with Crippen LogP contribution in [-0.2, 0) is 4.79 Å². The standard InChI is InChI=1S/C5H13N3O/c1-2-3-4(6)5(9)8-7/h4H,2-3,6-7H2,1H3,(H,8,9)/t4-/m0/s1. The van der Waals surface area contributed by atoms with Crippen LogP contribution in [0, 0.1) is 0 Å². The van der Waals surface area contributed by atoms with Crippen molar-refractivity contribution in [2.45, 2.75) is 25.8 Å². The van der Waals surface area contributed by atoms with Crippen LogP contribution >= 0.6 is 0 Å². The van der Waals surface area contributed by atoms with Crippen molar-refractivity contribution in [3.05, 3.63) is 0 Å². The van der Waals surface area contributed by atoms with Gasteiger partial charge in [0.2, 0.25) is 0 Å². The van der Waals surface area contributed by atoms with Gasteiger partial charge in [-0.05, 0) is 6.42 Å². The fraction of sp³-hybridized carbons (Fsp3) is 0.800. The molecule has 0 bridgehead atoms. The summed E-state index contributed by atoms with van der Waals surface area (Å²) < 4.78 is 0. The van der Waals surface area contributed by atoms with Crippen molar-refractivity contribution < 1.29 is 4.79 Å². The highest BCUT2D eigenvalue weighted by Gasteiger charge is 2.08. The Bertz CT molecular complexity index is 94.2. The Morgan fingerprint density at radius 2 is 2.33 bits per heavy atom. The van der Waals surface area contributed by atoms with Gasteiger partial charge in [-0.25, -0.2) is 5.84 Å². The minimum atomic E-state index is -0.444. The lowest BCUT2D eigenvalue weighted by Crippen LogP contribution is -2.43. The number of rotatable bonds is 3. The van der Waals surface area contributed by atoms with Crippen molar-refractivity contribution in [2.75, 3.05) is 0 Å². The average molecular weight is 131 g/mol. The summed E-state index contributed by atoms with van der Waals surface area (Å²) in [5.41, 5.74) is 7.33. The van der Waals surface area contributed by atoms with Crippen molar-refractivity contribution in [2.24, 2.45) is 11.6 Å². The maximum atomic E-state index is 10.5. The first kappa shape index (κ1) is 8.39. The van der Waals surface area contributed by atoms with Gasteiger partial charge in [0.1, 0.15) is 0 Å². The summed E-state index contributed by atoms with van der Waals surface area (Å²) in [6.45, 7) is 1.96. The third-order valence-corrected chi connectivity index (χ3v) is 1.08. The van der Waals surface area contributed by atoms with Crippen LogP contribution in [0.1, 0.15) is 19.8 Å². The maximum Gasteiger partial charge on any atom is 0.250 e. The van der Waals surface area contributed by atoms with Crippen molar-refractivity contribution >= 4 is 5.91 Å². The molecule has 54 valence electrons. The number of hydrogen-bond acceptors (Lipinski definition) is 3. The summed E-state index contributed by atoms with van der Waals surface area (Å²) in [6, 6.07) is -0.444. The van der Waals surface area contributed by atoms with Gasteiger partial charge in [0, 0.05) is 0 Å². The SMILES string of the molecule is CCC[C@H](N)C(=O)NN. The number of hydrogen-bond donors (Lipinski definition) is 3. The highest BCUT2D eigenvalue weighted by Crippen LogP contribution is 1.90. The van der Waals surface area contributed by atoms with Crippen LogP contribution in [0.2, 0.25) is 0 Å². The molecule has 0 aromatic rings. The van der Waals surface area contributed by atoms with Crippen LogP contribution in [0.25, 0.3) is 0 Å². The van der Waals surface area contributed by atoms with Crippen molar-refractivity contribution in [1.29, 1.82) is 0 Å². The van der Waals surface area contributed by atoms with Crippen molar-refractivity contribution in [3.8, 4) is 0 Å². The Morgan fingerprint density at radius 1 is 1.78 bits per heavy atom. The van der Waals surface area contributed by atoms with Crippen LogP contribution in [-0.4, -0.2) is 11.9 Å². The van der Waals surface area contributed by atoms with Crippen molar-refractivity contribution in [1.82, 2.24) is 5.43 Å². The zero-order valence-corrected chi connectivity index (χ0v) is 5.55. The first-order valence-corrected chi connectivity index (χ1v) is 2.98. The average Bonchev–Trinajstić information content (AvgIpc) is 1.87. The zero-order valence-electron chi connectivity index (χ0n) is 5.55. The summed E-state index contributed by atoms with van der Waals surface area (Å²) in [5.74, 6) is 4.53. The molecule has 0 unspecified atom stereocenters. The number of amides is 1. The van der Waals surface area contributed by atoms with E-state index in [1.54, 1.807) is 0 Å². The van der Waals surface area contributed by atoms with E-state index in [1.807, 2.05) is 12.3 Å². The zero-order chi connectivity index (χ0) is 7.28. The number of hydrazine groups is 1. The highest BCUT2D eigenvalue weighted by molar-refractivity contribution is 5.80. The third kappa shape index (κ3) is 3.05. The molecule has 0 saturated carbocycles. The fourth-order valence-electron chi connectivity index (χ4n) is 0.549. The van der Waals surface area contributed by atoms with E-state index in [9.17, 15) is 4.79 Å². The largest absolute Gasteiger partial charge is 0.320 e. The topological polar surface area (TPSA) is 81.1 Å². The molecule has 5 N–H and O–H groups in total. The molecule has 0 aromatic carbocycles. The molecule has 9 heavy (non-hydrogen) atoms. The van der Waals surface area contributed by atoms with Gasteiger partial charge >= 0.3 is 0 Å². The molecule has 0 aliphatic rings. The van der Waals surface area contributed by atoms with E-state index in [-0.39, 0.29) is 5.91 Å². The van der Waals surface area contributed by atoms with E-state index in [1.165, 1.54) is 0 Å². The Balaban J connectivity index is 3.45. The van der Waals surface area contributed by atoms with Gasteiger partial charge in [0.25, 0.3) is 5.91 Å². The van der Waals surface area contributed by atoms with E-state index in [0.717, 1.165) is 6.42 Å². The lowest BCUT2D eigenvalue weighted by Gasteiger charge is -2.06. The molecular formula is C5H13N3O. The summed E-state index contributed by atoms with van der Waals surface area (Å²) >= 11 is 0. The maximum absolute atomic E-state index is 10.5. The molecule has 4 heteroatoms. The highest BCUT2D eigenvalue weighted by atomic mass is 16.2. The van der Waals surface area contributed by atoms with Gasteiger partial charge in [-0.1, -0.05) is 13.3 Å². The predicted molar refractivity (Wildman–Crippen MR) is 35.2 cm³/mol. The Hall–Kier alpha value is -0.610. The molecule has 1 amide bonds. The monoisotopic (exact) mass is 131 g/mol. The molecule has 0 radical (unpaired) electrons. The van der Waals surface area contributed by atoms with Crippen LogP contribution in [0.3, 0.4) is 0 Å². The van der Waals surface area contributed by atoms with Gasteiger partial charge in [-0.15, -0.1) is 0 Å². The van der Waals surface area contributed by atoms with Crippen LogP contribution in [0.5, 0.6) is 0 Å². The second kappa shape index (κ2) is 4.29. The molecule has 0 rings (SSSR count). The van der Waals surface area contributed by atoms with Crippen molar-refractivity contribution in [3.63, 3.8) is 0 Å². The minimum absolute atomic E-state index is 0.295. The summed E-state index contributed by atoms with van der Waals surface area (Å²) in [7, 11) is 0. The lowest BCUT2D eigenvalue weighted by atomic mass is 10.2. The second-order valence-corrected chi connectivity index (χ2v) is 1.90. The molecule has 0 aliphatic heterocycles. The lowest BCUT2D eigenvalue weighted by molar-refractivity contribution is -0.122. The summed E-state index contributed by atoms with van der Waals surface area (Å²) in [4.78, 5) is 10.5. The molecular weight excluding hydrogens is 118 g/mol. The quantitative estimate of drug-likeness (QED) is 0.264. The van der Waals surface area contributed by atoms with Gasteiger partial charge in [-0.3, -0.25) is 10.2 Å². The smallest absolute Gasteiger partial charge is 0.250 e. The molecule has 0 spiro atoms. The van der Waals surface area contributed by atoms with Crippen LogP contribution < -0.4 is 17.0 Å². The number of nitrogens with one attached hydrogen (secondary N) is 1. The van der Waals surface area contributed by atoms with Gasteiger partial charge in [0.05, 0.1) is 6.04 Å². The van der Waals surface area contributed by atoms with E-state index in [0.29, 0.717) is 6.42 Å². The van der Waals surface area contributed by atoms with E-state index < -0.39 is 6.04 Å². The molecule has 1 atom stereocenters. The number of carbonyl (C=O) groups is 1. The first-order chi connectivity index (χ1) is 4.22. The Morgan fingerprint density at radius 3 is 2.67 bits per heavy atom. The van der Waals surface area contributed by atoms with Crippen LogP contribution in [0.15, 0.2) is 0 Å². The fourth-order valence-corrected chi connectivity index (χ4v) is 0.549. The molecule has 0 fully saturated rings. The molecule has 0 aliphatic carbocycles. The normalized spacial score (nSPS) is 12.8. The number of carbonyl (C=O) groups excluding carboxylic acids is 1. The predicted octanol–water partition coefficient (Wildman–Crippen LogP) is -0.896. The van der Waals surface area contributed by atoms with E-state index in [2.05, 4.69) is 0 Å². The van der Waals surface area contributed by atoms with Gasteiger partial charge < -0.3 is 5.73 Å². The molecule has 0 aromatic heterocycles. The molecule has 0 saturated heterocycles.